The Morgan fingerprint density at radius 2 is 1.57 bits per heavy atom. The zero-order valence-electron chi connectivity index (χ0n) is 17.1. The Morgan fingerprint density at radius 1 is 1.00 bits per heavy atom. The zero-order chi connectivity index (χ0) is 21.9. The molecule has 0 bridgehead atoms. The third-order valence-corrected chi connectivity index (χ3v) is 4.37. The number of hydroxylamine groups is 1. The molecule has 2 atom stereocenters. The second kappa shape index (κ2) is 11.7. The van der Waals surface area contributed by atoms with Gasteiger partial charge in [0.25, 0.3) is 11.8 Å². The van der Waals surface area contributed by atoms with Crippen molar-refractivity contribution in [1.29, 1.82) is 0 Å². The number of aliphatic hydroxyl groups is 1. The maximum Gasteiger partial charge on any atom is 0.268 e. The number of benzene rings is 2. The first-order valence-electron chi connectivity index (χ1n) is 9.79. The average molecular weight is 409 g/mol. The van der Waals surface area contributed by atoms with E-state index in [0.29, 0.717) is 5.56 Å². The molecule has 7 heteroatoms. The number of nitrogens with one attached hydrogen (secondary N) is 3. The van der Waals surface area contributed by atoms with E-state index in [0.717, 1.165) is 30.6 Å². The van der Waals surface area contributed by atoms with Gasteiger partial charge < -0.3 is 15.7 Å². The van der Waals surface area contributed by atoms with Crippen LogP contribution in [0.2, 0.25) is 0 Å². The highest BCUT2D eigenvalue weighted by atomic mass is 16.5. The number of rotatable bonds is 8. The van der Waals surface area contributed by atoms with Gasteiger partial charge in [-0.1, -0.05) is 30.9 Å². The Labute approximate surface area is 176 Å². The summed E-state index contributed by atoms with van der Waals surface area (Å²) in [6, 6.07) is 13.3. The van der Waals surface area contributed by atoms with Crippen molar-refractivity contribution in [1.82, 2.24) is 16.1 Å². The summed E-state index contributed by atoms with van der Waals surface area (Å²) in [7, 11) is 0. The first-order chi connectivity index (χ1) is 14.4. The predicted octanol–water partition coefficient (Wildman–Crippen LogP) is 1.57. The number of aliphatic hydroxyl groups excluding tert-OH is 1. The van der Waals surface area contributed by atoms with Gasteiger partial charge in [0, 0.05) is 23.2 Å². The highest BCUT2D eigenvalue weighted by molar-refractivity contribution is 5.97. The fourth-order valence-corrected chi connectivity index (χ4v) is 2.66. The summed E-state index contributed by atoms with van der Waals surface area (Å²) in [5.74, 6) is 4.70. The van der Waals surface area contributed by atoms with Crippen LogP contribution in [0, 0.1) is 11.8 Å². The fraction of sp³-hybridized carbons (Fsp3) is 0.304. The lowest BCUT2D eigenvalue weighted by atomic mass is 10.1. The highest BCUT2D eigenvalue weighted by Crippen LogP contribution is 2.07. The molecule has 158 valence electrons. The molecule has 2 aromatic rings. The topological polar surface area (TPSA) is 111 Å². The summed E-state index contributed by atoms with van der Waals surface area (Å²) in [6.07, 6.45) is -0.0663. The van der Waals surface area contributed by atoms with Gasteiger partial charge in [0.1, 0.15) is 6.04 Å². The molecule has 2 rings (SSSR count). The molecule has 0 radical (unpaired) electrons. The van der Waals surface area contributed by atoms with Gasteiger partial charge in [-0.2, -0.15) is 0 Å². The average Bonchev–Trinajstić information content (AvgIpc) is 2.76. The fourth-order valence-electron chi connectivity index (χ4n) is 2.66. The lowest BCUT2D eigenvalue weighted by Crippen LogP contribution is -2.51. The van der Waals surface area contributed by atoms with Crippen LogP contribution in [0.1, 0.15) is 47.3 Å². The lowest BCUT2D eigenvalue weighted by molar-refractivity contribution is -0.133. The molecular weight excluding hydrogens is 382 g/mol. The van der Waals surface area contributed by atoms with Gasteiger partial charge in [-0.25, -0.2) is 5.48 Å². The number of amides is 2. The van der Waals surface area contributed by atoms with Gasteiger partial charge in [-0.05, 0) is 61.9 Å². The Balaban J connectivity index is 1.99. The minimum absolute atomic E-state index is 0.306. The van der Waals surface area contributed by atoms with E-state index in [1.54, 1.807) is 24.3 Å². The number of carbonyl (C=O) groups is 2. The zero-order valence-corrected chi connectivity index (χ0v) is 17.1. The van der Waals surface area contributed by atoms with Crippen molar-refractivity contribution in [2.24, 2.45) is 0 Å². The van der Waals surface area contributed by atoms with E-state index in [4.69, 9.17) is 5.21 Å². The van der Waals surface area contributed by atoms with Crippen molar-refractivity contribution in [2.75, 3.05) is 6.54 Å². The monoisotopic (exact) mass is 409 g/mol. The second-order valence-corrected chi connectivity index (χ2v) is 6.87. The molecule has 2 amide bonds. The van der Waals surface area contributed by atoms with Crippen LogP contribution >= 0.6 is 0 Å². The third kappa shape index (κ3) is 7.01. The summed E-state index contributed by atoms with van der Waals surface area (Å²) in [5.41, 5.74) is 4.57. The molecule has 30 heavy (non-hydrogen) atoms. The molecule has 0 saturated heterocycles. The van der Waals surface area contributed by atoms with Crippen molar-refractivity contribution in [2.45, 2.75) is 39.0 Å². The van der Waals surface area contributed by atoms with Gasteiger partial charge >= 0.3 is 0 Å². The minimum atomic E-state index is -1.26. The van der Waals surface area contributed by atoms with Crippen LogP contribution in [-0.2, 0) is 11.3 Å². The molecule has 0 aromatic heterocycles. The normalized spacial score (nSPS) is 12.3. The van der Waals surface area contributed by atoms with Gasteiger partial charge in [0.15, 0.2) is 0 Å². The van der Waals surface area contributed by atoms with Crippen LogP contribution in [0.4, 0.5) is 0 Å². The van der Waals surface area contributed by atoms with E-state index >= 15 is 0 Å². The van der Waals surface area contributed by atoms with E-state index in [2.05, 4.69) is 29.4 Å². The smallest absolute Gasteiger partial charge is 0.268 e. The Hall–Kier alpha value is -3.18. The van der Waals surface area contributed by atoms with Crippen molar-refractivity contribution >= 4 is 11.8 Å². The van der Waals surface area contributed by atoms with Crippen LogP contribution < -0.4 is 16.1 Å². The molecule has 0 aliphatic heterocycles. The van der Waals surface area contributed by atoms with Crippen molar-refractivity contribution < 1.29 is 19.9 Å². The van der Waals surface area contributed by atoms with Gasteiger partial charge in [0.05, 0.1) is 6.10 Å². The van der Waals surface area contributed by atoms with Crippen LogP contribution in [0.5, 0.6) is 0 Å². The summed E-state index contributed by atoms with van der Waals surface area (Å²) in [4.78, 5) is 23.8. The van der Waals surface area contributed by atoms with E-state index in [1.807, 2.05) is 24.3 Å². The van der Waals surface area contributed by atoms with Gasteiger partial charge in [0.2, 0.25) is 0 Å². The SMILES string of the molecule is CCCNCc1ccc(C#Cc2ccc(C(=O)N[C@H](C(=O)NO)[C@@H](C)O)cc2)cc1. The molecule has 0 aliphatic rings. The lowest BCUT2D eigenvalue weighted by Gasteiger charge is -2.19. The molecule has 5 N–H and O–H groups in total. The summed E-state index contributed by atoms with van der Waals surface area (Å²) >= 11 is 0. The van der Waals surface area contributed by atoms with E-state index in [9.17, 15) is 14.7 Å². The second-order valence-electron chi connectivity index (χ2n) is 6.87. The molecule has 2 aromatic carbocycles. The summed E-state index contributed by atoms with van der Waals surface area (Å²) in [5, 5.41) is 24.0. The highest BCUT2D eigenvalue weighted by Gasteiger charge is 2.25. The van der Waals surface area contributed by atoms with E-state index < -0.39 is 24.0 Å². The molecule has 0 fully saturated rings. The summed E-state index contributed by atoms with van der Waals surface area (Å²) in [6.45, 7) is 5.30. The number of carbonyl (C=O) groups excluding carboxylic acids is 2. The largest absolute Gasteiger partial charge is 0.391 e. The maximum atomic E-state index is 12.3. The molecular formula is C23H27N3O4. The first-order valence-corrected chi connectivity index (χ1v) is 9.79. The quantitative estimate of drug-likeness (QED) is 0.197. The van der Waals surface area contributed by atoms with E-state index in [1.165, 1.54) is 18.0 Å². The van der Waals surface area contributed by atoms with Gasteiger partial charge in [-0.3, -0.25) is 14.8 Å². The van der Waals surface area contributed by atoms with Crippen molar-refractivity contribution in [3.8, 4) is 11.8 Å². The van der Waals surface area contributed by atoms with Crippen molar-refractivity contribution in [3.05, 3.63) is 70.8 Å². The van der Waals surface area contributed by atoms with Crippen LogP contribution in [0.15, 0.2) is 48.5 Å². The van der Waals surface area contributed by atoms with Crippen LogP contribution in [0.25, 0.3) is 0 Å². The molecule has 0 aliphatic carbocycles. The molecule has 7 nitrogen and oxygen atoms in total. The Morgan fingerprint density at radius 3 is 2.07 bits per heavy atom. The Bertz CT molecular complexity index is 897. The number of hydrogen-bond donors (Lipinski definition) is 5. The predicted molar refractivity (Wildman–Crippen MR) is 114 cm³/mol. The first kappa shape index (κ1) is 23.1. The minimum Gasteiger partial charge on any atom is -0.391 e. The Kier molecular flexibility index (Phi) is 9.03. The molecule has 0 spiro atoms. The molecule has 0 unspecified atom stereocenters. The summed E-state index contributed by atoms with van der Waals surface area (Å²) < 4.78 is 0. The van der Waals surface area contributed by atoms with Gasteiger partial charge in [-0.15, -0.1) is 0 Å². The number of hydrogen-bond acceptors (Lipinski definition) is 5. The maximum absolute atomic E-state index is 12.3. The third-order valence-electron chi connectivity index (χ3n) is 4.37. The molecule has 0 heterocycles. The van der Waals surface area contributed by atoms with Crippen molar-refractivity contribution in [3.63, 3.8) is 0 Å². The molecule has 0 saturated carbocycles. The van der Waals surface area contributed by atoms with E-state index in [-0.39, 0.29) is 0 Å². The van der Waals surface area contributed by atoms with Crippen LogP contribution in [-0.4, -0.2) is 40.8 Å². The van der Waals surface area contributed by atoms with Crippen LogP contribution in [0.3, 0.4) is 0 Å². The standard InChI is InChI=1S/C23H27N3O4/c1-3-14-24-15-19-8-6-17(7-9-19)4-5-18-10-12-20(13-11-18)22(28)25-21(16(2)27)23(29)26-30/h6-13,16,21,24,27,30H,3,14-15H2,1-2H3,(H,25,28)(H,26,29)/t16-,21+/m1/s1.